The Labute approximate surface area is 117 Å². The van der Waals surface area contributed by atoms with Crippen LogP contribution in [0, 0.1) is 5.82 Å². The molecule has 0 saturated heterocycles. The van der Waals surface area contributed by atoms with Crippen LogP contribution in [0.2, 0.25) is 0 Å². The Morgan fingerprint density at radius 1 is 1.15 bits per heavy atom. The molecule has 0 aliphatic heterocycles. The van der Waals surface area contributed by atoms with Gasteiger partial charge in [-0.2, -0.15) is 0 Å². The van der Waals surface area contributed by atoms with Gasteiger partial charge in [-0.1, -0.05) is 24.3 Å². The summed E-state index contributed by atoms with van der Waals surface area (Å²) in [6, 6.07) is 13.8. The zero-order chi connectivity index (χ0) is 13.9. The number of hydrogen-bond donors (Lipinski definition) is 1. The fourth-order valence-corrected chi connectivity index (χ4v) is 2.15. The molecule has 3 rings (SSSR count). The molecule has 1 aliphatic rings. The second-order valence-electron chi connectivity index (χ2n) is 5.24. The topological polar surface area (TPSA) is 29.5 Å². The van der Waals surface area contributed by atoms with Crippen molar-refractivity contribution in [3.8, 4) is 5.75 Å². The van der Waals surface area contributed by atoms with Crippen molar-refractivity contribution in [3.63, 3.8) is 0 Å². The Hall–Kier alpha value is -1.87. The van der Waals surface area contributed by atoms with Gasteiger partial charge in [0.2, 0.25) is 0 Å². The van der Waals surface area contributed by atoms with Crippen molar-refractivity contribution in [3.05, 3.63) is 65.5 Å². The van der Waals surface area contributed by atoms with Gasteiger partial charge in [-0.15, -0.1) is 0 Å². The third-order valence-corrected chi connectivity index (χ3v) is 3.41. The van der Waals surface area contributed by atoms with E-state index in [1.54, 1.807) is 6.07 Å². The van der Waals surface area contributed by atoms with Crippen molar-refractivity contribution >= 4 is 0 Å². The second kappa shape index (κ2) is 5.63. The molecule has 1 fully saturated rings. The van der Waals surface area contributed by atoms with Crippen molar-refractivity contribution in [2.24, 2.45) is 0 Å². The lowest BCUT2D eigenvalue weighted by Crippen LogP contribution is -2.02. The van der Waals surface area contributed by atoms with Gasteiger partial charge in [0.25, 0.3) is 0 Å². The maximum atomic E-state index is 13.1. The van der Waals surface area contributed by atoms with Gasteiger partial charge in [-0.05, 0) is 48.2 Å². The first-order valence-electron chi connectivity index (χ1n) is 6.90. The summed E-state index contributed by atoms with van der Waals surface area (Å²) in [6.45, 7) is 0. The summed E-state index contributed by atoms with van der Waals surface area (Å²) in [6.07, 6.45) is 2.40. The van der Waals surface area contributed by atoms with E-state index in [1.165, 1.54) is 12.1 Å². The highest BCUT2D eigenvalue weighted by molar-refractivity contribution is 5.30. The summed E-state index contributed by atoms with van der Waals surface area (Å²) >= 11 is 0. The molecule has 2 aromatic rings. The molecular formula is C17H17FO2. The maximum absolute atomic E-state index is 13.1. The number of aliphatic hydroxyl groups excluding tert-OH is 1. The molecule has 0 radical (unpaired) electrons. The lowest BCUT2D eigenvalue weighted by Gasteiger charge is -2.12. The fraction of sp³-hybridized carbons (Fsp3) is 0.294. The quantitative estimate of drug-likeness (QED) is 0.900. The summed E-state index contributed by atoms with van der Waals surface area (Å²) in [5.41, 5.74) is 1.60. The third-order valence-electron chi connectivity index (χ3n) is 3.41. The average Bonchev–Trinajstić information content (AvgIpc) is 3.23. The molecule has 1 aliphatic carbocycles. The van der Waals surface area contributed by atoms with Gasteiger partial charge in [-0.3, -0.25) is 0 Å². The molecule has 1 atom stereocenters. The Bertz CT molecular complexity index is 576. The molecule has 2 nitrogen and oxygen atoms in total. The van der Waals surface area contributed by atoms with Crippen LogP contribution in [0.25, 0.3) is 0 Å². The minimum atomic E-state index is -0.633. The van der Waals surface area contributed by atoms with Crippen LogP contribution in [-0.2, 0) is 6.42 Å². The molecule has 1 saturated carbocycles. The van der Waals surface area contributed by atoms with Crippen LogP contribution in [0.4, 0.5) is 4.39 Å². The van der Waals surface area contributed by atoms with Crippen LogP contribution >= 0.6 is 0 Å². The van der Waals surface area contributed by atoms with Gasteiger partial charge >= 0.3 is 0 Å². The van der Waals surface area contributed by atoms with Crippen LogP contribution in [0.1, 0.15) is 30.1 Å². The average molecular weight is 272 g/mol. The molecule has 0 amide bonds. The van der Waals surface area contributed by atoms with E-state index >= 15 is 0 Å². The molecule has 0 spiro atoms. The van der Waals surface area contributed by atoms with Gasteiger partial charge in [0.05, 0.1) is 12.2 Å². The molecule has 0 bridgehead atoms. The molecule has 0 heterocycles. The smallest absolute Gasteiger partial charge is 0.123 e. The highest BCUT2D eigenvalue weighted by Crippen LogP contribution is 2.28. The van der Waals surface area contributed by atoms with Gasteiger partial charge in [0.15, 0.2) is 0 Å². The molecular weight excluding hydrogens is 255 g/mol. The molecule has 1 N–H and O–H groups in total. The van der Waals surface area contributed by atoms with E-state index in [9.17, 15) is 9.50 Å². The number of benzene rings is 2. The number of ether oxygens (including phenoxy) is 1. The first-order valence-corrected chi connectivity index (χ1v) is 6.90. The maximum Gasteiger partial charge on any atom is 0.123 e. The van der Waals surface area contributed by atoms with Gasteiger partial charge < -0.3 is 9.84 Å². The summed E-state index contributed by atoms with van der Waals surface area (Å²) in [7, 11) is 0. The summed E-state index contributed by atoms with van der Waals surface area (Å²) in [4.78, 5) is 0. The number of aliphatic hydroxyl groups is 1. The third kappa shape index (κ3) is 3.36. The monoisotopic (exact) mass is 272 g/mol. The first kappa shape index (κ1) is 13.1. The van der Waals surface area contributed by atoms with Crippen molar-refractivity contribution < 1.29 is 14.2 Å². The van der Waals surface area contributed by atoms with Crippen LogP contribution in [0.5, 0.6) is 5.75 Å². The minimum absolute atomic E-state index is 0.275. The van der Waals surface area contributed by atoms with Crippen LogP contribution < -0.4 is 4.74 Å². The van der Waals surface area contributed by atoms with E-state index in [1.807, 2.05) is 30.3 Å². The van der Waals surface area contributed by atoms with Crippen LogP contribution in [0.15, 0.2) is 48.5 Å². The van der Waals surface area contributed by atoms with E-state index in [2.05, 4.69) is 0 Å². The van der Waals surface area contributed by atoms with E-state index < -0.39 is 6.10 Å². The molecule has 2 aromatic carbocycles. The lowest BCUT2D eigenvalue weighted by atomic mass is 10.0. The largest absolute Gasteiger partial charge is 0.490 e. The van der Waals surface area contributed by atoms with Crippen molar-refractivity contribution in [2.75, 3.05) is 0 Å². The van der Waals surface area contributed by atoms with Crippen molar-refractivity contribution in [2.45, 2.75) is 31.5 Å². The highest BCUT2D eigenvalue weighted by Gasteiger charge is 2.23. The van der Waals surface area contributed by atoms with Gasteiger partial charge in [-0.25, -0.2) is 4.39 Å². The summed E-state index contributed by atoms with van der Waals surface area (Å²) in [5, 5.41) is 10.2. The zero-order valence-electron chi connectivity index (χ0n) is 11.1. The van der Waals surface area contributed by atoms with Crippen molar-refractivity contribution in [1.29, 1.82) is 0 Å². The van der Waals surface area contributed by atoms with E-state index in [0.717, 1.165) is 29.7 Å². The van der Waals surface area contributed by atoms with Crippen molar-refractivity contribution in [1.82, 2.24) is 0 Å². The summed E-state index contributed by atoms with van der Waals surface area (Å²) in [5.74, 6) is 0.567. The Balaban J connectivity index is 1.65. The lowest BCUT2D eigenvalue weighted by molar-refractivity contribution is 0.178. The van der Waals surface area contributed by atoms with Gasteiger partial charge in [0, 0.05) is 6.42 Å². The van der Waals surface area contributed by atoms with Gasteiger partial charge in [0.1, 0.15) is 11.6 Å². The standard InChI is InChI=1S/C17H17FO2/c18-14-3-1-2-12(10-14)11-17(19)13-4-6-15(7-5-13)20-16-8-9-16/h1-7,10,16-17,19H,8-9,11H2. The Morgan fingerprint density at radius 2 is 1.90 bits per heavy atom. The number of rotatable bonds is 5. The highest BCUT2D eigenvalue weighted by atomic mass is 19.1. The molecule has 0 aromatic heterocycles. The first-order chi connectivity index (χ1) is 9.70. The molecule has 20 heavy (non-hydrogen) atoms. The summed E-state index contributed by atoms with van der Waals surface area (Å²) < 4.78 is 18.8. The van der Waals surface area contributed by atoms with Crippen LogP contribution in [-0.4, -0.2) is 11.2 Å². The SMILES string of the molecule is OC(Cc1cccc(F)c1)c1ccc(OC2CC2)cc1. The number of halogens is 1. The van der Waals surface area contributed by atoms with E-state index in [4.69, 9.17) is 4.74 Å². The predicted molar refractivity (Wildman–Crippen MR) is 75.2 cm³/mol. The Kier molecular flexibility index (Phi) is 3.70. The van der Waals surface area contributed by atoms with E-state index in [-0.39, 0.29) is 5.82 Å². The second-order valence-corrected chi connectivity index (χ2v) is 5.24. The fourth-order valence-electron chi connectivity index (χ4n) is 2.15. The molecule has 104 valence electrons. The zero-order valence-corrected chi connectivity index (χ0v) is 11.1. The van der Waals surface area contributed by atoms with E-state index in [0.29, 0.717) is 12.5 Å². The molecule has 3 heteroatoms. The normalized spacial score (nSPS) is 15.9. The molecule has 1 unspecified atom stereocenters. The minimum Gasteiger partial charge on any atom is -0.490 e. The Morgan fingerprint density at radius 3 is 2.55 bits per heavy atom. The number of hydrogen-bond acceptors (Lipinski definition) is 2. The van der Waals surface area contributed by atoms with Crippen LogP contribution in [0.3, 0.4) is 0 Å². The predicted octanol–water partition coefficient (Wildman–Crippen LogP) is 3.64.